The molecule has 0 fully saturated rings. The minimum atomic E-state index is -1.12. The van der Waals surface area contributed by atoms with Crippen molar-refractivity contribution in [2.45, 2.75) is 39.5 Å². The minimum Gasteiger partial charge on any atom is -0.478 e. The van der Waals surface area contributed by atoms with Gasteiger partial charge >= 0.3 is 12.1 Å². The molecule has 0 aromatic heterocycles. The number of amides is 2. The SMILES string of the molecule is CC(NC(=O)OC(C)(C)C)NC(=O)c1cccc(C(=O)O)c1. The first kappa shape index (κ1) is 17.5. The summed E-state index contributed by atoms with van der Waals surface area (Å²) >= 11 is 0. The van der Waals surface area contributed by atoms with Crippen LogP contribution in [-0.2, 0) is 4.74 Å². The van der Waals surface area contributed by atoms with Gasteiger partial charge in [-0.05, 0) is 45.9 Å². The van der Waals surface area contributed by atoms with Crippen molar-refractivity contribution in [1.29, 1.82) is 0 Å². The highest BCUT2D eigenvalue weighted by atomic mass is 16.6. The number of carbonyl (C=O) groups is 3. The van der Waals surface area contributed by atoms with Crippen LogP contribution in [-0.4, -0.2) is 34.8 Å². The van der Waals surface area contributed by atoms with Crippen molar-refractivity contribution < 1.29 is 24.2 Å². The number of carboxylic acids is 1. The number of carbonyl (C=O) groups excluding carboxylic acids is 2. The van der Waals surface area contributed by atoms with Crippen molar-refractivity contribution in [3.63, 3.8) is 0 Å². The fourth-order valence-corrected chi connectivity index (χ4v) is 1.59. The van der Waals surface area contributed by atoms with Crippen molar-refractivity contribution >= 4 is 18.0 Å². The molecule has 0 spiro atoms. The van der Waals surface area contributed by atoms with E-state index in [0.29, 0.717) is 0 Å². The van der Waals surface area contributed by atoms with Gasteiger partial charge in [0.15, 0.2) is 0 Å². The van der Waals surface area contributed by atoms with Gasteiger partial charge < -0.3 is 20.5 Å². The molecule has 0 radical (unpaired) electrons. The van der Waals surface area contributed by atoms with Gasteiger partial charge in [-0.1, -0.05) is 6.07 Å². The summed E-state index contributed by atoms with van der Waals surface area (Å²) in [6.45, 7) is 6.76. The van der Waals surface area contributed by atoms with Crippen LogP contribution in [0.25, 0.3) is 0 Å². The Morgan fingerprint density at radius 3 is 2.27 bits per heavy atom. The van der Waals surface area contributed by atoms with Crippen molar-refractivity contribution in [2.24, 2.45) is 0 Å². The highest BCUT2D eigenvalue weighted by Crippen LogP contribution is 2.07. The van der Waals surface area contributed by atoms with Crippen LogP contribution in [0.4, 0.5) is 4.79 Å². The topological polar surface area (TPSA) is 105 Å². The molecule has 7 heteroatoms. The molecule has 0 bridgehead atoms. The quantitative estimate of drug-likeness (QED) is 0.738. The van der Waals surface area contributed by atoms with Gasteiger partial charge in [0.1, 0.15) is 11.8 Å². The third kappa shape index (κ3) is 5.82. The van der Waals surface area contributed by atoms with E-state index < -0.39 is 29.7 Å². The van der Waals surface area contributed by atoms with Crippen LogP contribution < -0.4 is 10.6 Å². The average Bonchev–Trinajstić information content (AvgIpc) is 2.36. The summed E-state index contributed by atoms with van der Waals surface area (Å²) in [5, 5.41) is 13.9. The van der Waals surface area contributed by atoms with Crippen molar-refractivity contribution in [3.8, 4) is 0 Å². The zero-order valence-electron chi connectivity index (χ0n) is 13.0. The van der Waals surface area contributed by atoms with Gasteiger partial charge in [0.2, 0.25) is 0 Å². The fourth-order valence-electron chi connectivity index (χ4n) is 1.59. The number of aromatic carboxylic acids is 1. The Bertz CT molecular complexity index is 578. The van der Waals surface area contributed by atoms with E-state index in [-0.39, 0.29) is 11.1 Å². The highest BCUT2D eigenvalue weighted by Gasteiger charge is 2.19. The van der Waals surface area contributed by atoms with Crippen molar-refractivity contribution in [2.75, 3.05) is 0 Å². The highest BCUT2D eigenvalue weighted by molar-refractivity contribution is 5.97. The van der Waals surface area contributed by atoms with Crippen LogP contribution in [0.2, 0.25) is 0 Å². The molecule has 1 aromatic rings. The number of rotatable bonds is 4. The number of carboxylic acid groups (broad SMARTS) is 1. The van der Waals surface area contributed by atoms with Crippen molar-refractivity contribution in [3.05, 3.63) is 35.4 Å². The monoisotopic (exact) mass is 308 g/mol. The molecule has 0 aliphatic heterocycles. The normalized spacial score (nSPS) is 12.2. The summed E-state index contributed by atoms with van der Waals surface area (Å²) in [5.41, 5.74) is -0.429. The second-order valence-corrected chi connectivity index (χ2v) is 5.73. The molecule has 1 rings (SSSR count). The lowest BCUT2D eigenvalue weighted by Crippen LogP contribution is -2.47. The molecule has 1 atom stereocenters. The van der Waals surface area contributed by atoms with Gasteiger partial charge in [0, 0.05) is 5.56 Å². The molecular formula is C15H20N2O5. The maximum atomic E-state index is 12.0. The van der Waals surface area contributed by atoms with Crippen LogP contribution in [0.5, 0.6) is 0 Å². The molecule has 1 unspecified atom stereocenters. The lowest BCUT2D eigenvalue weighted by molar-refractivity contribution is 0.0498. The Hall–Kier alpha value is -2.57. The largest absolute Gasteiger partial charge is 0.478 e. The van der Waals surface area contributed by atoms with E-state index in [1.807, 2.05) is 0 Å². The predicted molar refractivity (Wildman–Crippen MR) is 79.7 cm³/mol. The summed E-state index contributed by atoms with van der Waals surface area (Å²) in [5.74, 6) is -1.61. The third-order valence-corrected chi connectivity index (χ3v) is 2.45. The zero-order valence-corrected chi connectivity index (χ0v) is 13.0. The zero-order chi connectivity index (χ0) is 16.9. The van der Waals surface area contributed by atoms with Crippen LogP contribution in [0.1, 0.15) is 48.4 Å². The smallest absolute Gasteiger partial charge is 0.409 e. The molecule has 0 heterocycles. The van der Waals surface area contributed by atoms with Gasteiger partial charge in [-0.25, -0.2) is 9.59 Å². The van der Waals surface area contributed by atoms with E-state index in [1.165, 1.54) is 24.3 Å². The first-order chi connectivity index (χ1) is 10.1. The Morgan fingerprint density at radius 1 is 1.14 bits per heavy atom. The number of benzene rings is 1. The molecule has 0 aliphatic rings. The van der Waals surface area contributed by atoms with Crippen LogP contribution in [0.15, 0.2) is 24.3 Å². The molecule has 1 aromatic carbocycles. The summed E-state index contributed by atoms with van der Waals surface area (Å²) in [6.07, 6.45) is -1.32. The van der Waals surface area contributed by atoms with E-state index in [4.69, 9.17) is 9.84 Å². The molecular weight excluding hydrogens is 288 g/mol. The summed E-state index contributed by atoms with van der Waals surface area (Å²) in [7, 11) is 0. The molecule has 7 nitrogen and oxygen atoms in total. The maximum Gasteiger partial charge on any atom is 0.409 e. The predicted octanol–water partition coefficient (Wildman–Crippen LogP) is 1.99. The Morgan fingerprint density at radius 2 is 1.73 bits per heavy atom. The molecule has 0 saturated heterocycles. The van der Waals surface area contributed by atoms with E-state index in [2.05, 4.69) is 10.6 Å². The number of hydrogen-bond donors (Lipinski definition) is 3. The maximum absolute atomic E-state index is 12.0. The van der Waals surface area contributed by atoms with Gasteiger partial charge in [-0.2, -0.15) is 0 Å². The van der Waals surface area contributed by atoms with Crippen LogP contribution in [0.3, 0.4) is 0 Å². The molecule has 2 amide bonds. The number of hydrogen-bond acceptors (Lipinski definition) is 4. The number of alkyl carbamates (subject to hydrolysis) is 1. The standard InChI is InChI=1S/C15H20N2O5/c1-9(17-14(21)22-15(2,3)4)16-12(18)10-6-5-7-11(8-10)13(19)20/h5-9H,1-4H3,(H,16,18)(H,17,21)(H,19,20). The molecule has 0 aliphatic carbocycles. The lowest BCUT2D eigenvalue weighted by Gasteiger charge is -2.22. The van der Waals surface area contributed by atoms with Crippen LogP contribution >= 0.6 is 0 Å². The van der Waals surface area contributed by atoms with Crippen LogP contribution in [0, 0.1) is 0 Å². The number of nitrogens with one attached hydrogen (secondary N) is 2. The minimum absolute atomic E-state index is 0.0143. The van der Waals surface area contributed by atoms with E-state index in [1.54, 1.807) is 27.7 Å². The fraction of sp³-hybridized carbons (Fsp3) is 0.400. The third-order valence-electron chi connectivity index (χ3n) is 2.45. The van der Waals surface area contributed by atoms with E-state index in [0.717, 1.165) is 0 Å². The van der Waals surface area contributed by atoms with Gasteiger partial charge in [-0.15, -0.1) is 0 Å². The lowest BCUT2D eigenvalue weighted by atomic mass is 10.1. The Kier molecular flexibility index (Phi) is 5.50. The first-order valence-corrected chi connectivity index (χ1v) is 6.72. The second-order valence-electron chi connectivity index (χ2n) is 5.73. The summed E-state index contributed by atoms with van der Waals surface area (Å²) in [6, 6.07) is 5.62. The number of ether oxygens (including phenoxy) is 1. The molecule has 22 heavy (non-hydrogen) atoms. The Labute approximate surface area is 128 Å². The molecule has 0 saturated carbocycles. The van der Waals surface area contributed by atoms with Crippen molar-refractivity contribution in [1.82, 2.24) is 10.6 Å². The van der Waals surface area contributed by atoms with Gasteiger partial charge in [-0.3, -0.25) is 4.79 Å². The second kappa shape index (κ2) is 6.93. The van der Waals surface area contributed by atoms with E-state index in [9.17, 15) is 14.4 Å². The van der Waals surface area contributed by atoms with E-state index >= 15 is 0 Å². The summed E-state index contributed by atoms with van der Waals surface area (Å²) < 4.78 is 5.07. The Balaban J connectivity index is 2.63. The molecule has 3 N–H and O–H groups in total. The molecule has 120 valence electrons. The first-order valence-electron chi connectivity index (χ1n) is 6.72. The summed E-state index contributed by atoms with van der Waals surface area (Å²) in [4.78, 5) is 34.4. The average molecular weight is 308 g/mol. The van der Waals surface area contributed by atoms with Gasteiger partial charge in [0.05, 0.1) is 5.56 Å². The van der Waals surface area contributed by atoms with Gasteiger partial charge in [0.25, 0.3) is 5.91 Å².